The fourth-order valence-corrected chi connectivity index (χ4v) is 3.54. The van der Waals surface area contributed by atoms with Gasteiger partial charge >= 0.3 is 0 Å². The molecule has 2 aromatic rings. The van der Waals surface area contributed by atoms with Crippen LogP contribution in [0.5, 0.6) is 5.75 Å². The number of ketones is 1. The lowest BCUT2D eigenvalue weighted by Gasteiger charge is -2.20. The second-order valence-electron chi connectivity index (χ2n) is 7.77. The van der Waals surface area contributed by atoms with Crippen LogP contribution in [-0.2, 0) is 4.79 Å². The highest BCUT2D eigenvalue weighted by Gasteiger charge is 2.25. The minimum atomic E-state index is 0.141. The van der Waals surface area contributed by atoms with Gasteiger partial charge in [-0.1, -0.05) is 26.0 Å². The van der Waals surface area contributed by atoms with E-state index in [1.165, 1.54) is 5.56 Å². The van der Waals surface area contributed by atoms with Crippen molar-refractivity contribution in [3.05, 3.63) is 42.1 Å². The Kier molecular flexibility index (Phi) is 7.07. The molecule has 0 radical (unpaired) electrons. The van der Waals surface area contributed by atoms with E-state index in [1.807, 2.05) is 43.3 Å². The van der Waals surface area contributed by atoms with E-state index in [0.717, 1.165) is 43.6 Å². The van der Waals surface area contributed by atoms with Crippen LogP contribution < -0.4 is 14.5 Å². The molecule has 1 aromatic carbocycles. The summed E-state index contributed by atoms with van der Waals surface area (Å²) < 4.78 is 6.20. The van der Waals surface area contributed by atoms with Crippen LogP contribution in [-0.4, -0.2) is 48.5 Å². The summed E-state index contributed by atoms with van der Waals surface area (Å²) in [6.45, 7) is 8.71. The van der Waals surface area contributed by atoms with Crippen LogP contribution in [0.4, 0.5) is 11.8 Å². The lowest BCUT2D eigenvalue weighted by Crippen LogP contribution is -2.26. The normalized spacial score (nSPS) is 17.2. The molecule has 0 bridgehead atoms. The highest BCUT2D eigenvalue weighted by molar-refractivity contribution is 5.78. The van der Waals surface area contributed by atoms with E-state index >= 15 is 0 Å². The third-order valence-electron chi connectivity index (χ3n) is 5.59. The lowest BCUT2D eigenvalue weighted by molar-refractivity contribution is -0.119. The molecule has 1 aliphatic rings. The Morgan fingerprint density at radius 1 is 1.28 bits per heavy atom. The number of aromatic nitrogens is 2. The molecule has 6 heteroatoms. The summed E-state index contributed by atoms with van der Waals surface area (Å²) in [4.78, 5) is 25.0. The fraction of sp³-hybridized carbons (Fsp3) is 0.522. The molecule has 0 N–H and O–H groups in total. The van der Waals surface area contributed by atoms with E-state index in [1.54, 1.807) is 0 Å². The minimum absolute atomic E-state index is 0.141. The Morgan fingerprint density at radius 2 is 2.03 bits per heavy atom. The van der Waals surface area contributed by atoms with Gasteiger partial charge in [-0.3, -0.25) is 4.79 Å². The van der Waals surface area contributed by atoms with E-state index in [0.29, 0.717) is 18.6 Å². The molecule has 156 valence electrons. The fourth-order valence-electron chi connectivity index (χ4n) is 3.54. The van der Waals surface area contributed by atoms with Crippen LogP contribution in [0.25, 0.3) is 0 Å². The van der Waals surface area contributed by atoms with Gasteiger partial charge in [0.25, 0.3) is 0 Å². The van der Waals surface area contributed by atoms with Gasteiger partial charge in [0.2, 0.25) is 5.95 Å². The van der Waals surface area contributed by atoms with Gasteiger partial charge in [0, 0.05) is 45.6 Å². The quantitative estimate of drug-likeness (QED) is 0.637. The predicted molar refractivity (Wildman–Crippen MR) is 117 cm³/mol. The minimum Gasteiger partial charge on any atom is -0.489 e. The van der Waals surface area contributed by atoms with Crippen LogP contribution in [0.3, 0.4) is 0 Å². The second kappa shape index (κ2) is 9.72. The molecule has 0 spiro atoms. The monoisotopic (exact) mass is 396 g/mol. The zero-order chi connectivity index (χ0) is 20.8. The molecular weight excluding hydrogens is 364 g/mol. The van der Waals surface area contributed by atoms with Gasteiger partial charge in [-0.25, -0.2) is 4.98 Å². The summed E-state index contributed by atoms with van der Waals surface area (Å²) in [5, 5.41) is 0. The van der Waals surface area contributed by atoms with E-state index in [-0.39, 0.29) is 12.0 Å². The highest BCUT2D eigenvalue weighted by atomic mass is 16.5. The number of Topliss-reactive ketones (excluding diaryl/α,β-unsaturated/α-hetero) is 1. The number of ether oxygens (including phenoxy) is 1. The molecule has 0 amide bonds. The zero-order valence-electron chi connectivity index (χ0n) is 18.0. The molecular formula is C23H32N4O2. The molecule has 0 aliphatic carbocycles. The Bertz CT molecular complexity index is 809. The largest absolute Gasteiger partial charge is 0.489 e. The van der Waals surface area contributed by atoms with Crippen molar-refractivity contribution in [3.63, 3.8) is 0 Å². The second-order valence-corrected chi connectivity index (χ2v) is 7.77. The van der Waals surface area contributed by atoms with Crippen LogP contribution in [0.2, 0.25) is 0 Å². The third kappa shape index (κ3) is 5.46. The van der Waals surface area contributed by atoms with E-state index in [2.05, 4.69) is 40.8 Å². The molecule has 3 rings (SSSR count). The standard InChI is InChI=1S/C23H32N4O2/c1-5-19(28)15-17(3)18-7-9-20(10-8-18)29-21-12-14-27(16-21)22-11-13-24-23(25-22)26(4)6-2/h7-11,13,17,21H,5-6,12,14-16H2,1-4H3/t17-,21?/m1/s1. The van der Waals surface area contributed by atoms with Gasteiger partial charge in [0.05, 0.1) is 6.54 Å². The van der Waals surface area contributed by atoms with Gasteiger partial charge in [0.15, 0.2) is 0 Å². The summed E-state index contributed by atoms with van der Waals surface area (Å²) in [5.41, 5.74) is 1.18. The van der Waals surface area contributed by atoms with Gasteiger partial charge < -0.3 is 14.5 Å². The summed E-state index contributed by atoms with van der Waals surface area (Å²) in [6.07, 6.45) is 4.13. The number of rotatable bonds is 9. The predicted octanol–water partition coefficient (Wildman–Crippen LogP) is 4.06. The van der Waals surface area contributed by atoms with E-state index in [4.69, 9.17) is 4.74 Å². The Morgan fingerprint density at radius 3 is 2.72 bits per heavy atom. The van der Waals surface area contributed by atoms with E-state index < -0.39 is 0 Å². The van der Waals surface area contributed by atoms with Crippen molar-refractivity contribution in [2.75, 3.05) is 36.5 Å². The maximum absolute atomic E-state index is 11.7. The molecule has 1 fully saturated rings. The van der Waals surface area contributed by atoms with Crippen molar-refractivity contribution < 1.29 is 9.53 Å². The number of hydrogen-bond donors (Lipinski definition) is 0. The van der Waals surface area contributed by atoms with Crippen LogP contribution in [0, 0.1) is 0 Å². The molecule has 6 nitrogen and oxygen atoms in total. The zero-order valence-corrected chi connectivity index (χ0v) is 18.0. The number of carbonyl (C=O) groups is 1. The first-order valence-corrected chi connectivity index (χ1v) is 10.6. The molecule has 0 saturated carbocycles. The van der Waals surface area contributed by atoms with E-state index in [9.17, 15) is 4.79 Å². The van der Waals surface area contributed by atoms with Gasteiger partial charge in [0.1, 0.15) is 23.5 Å². The number of nitrogens with zero attached hydrogens (tertiary/aromatic N) is 4. The molecule has 1 aromatic heterocycles. The van der Waals surface area contributed by atoms with Crippen molar-refractivity contribution in [2.24, 2.45) is 0 Å². The Balaban J connectivity index is 1.57. The first-order valence-electron chi connectivity index (χ1n) is 10.6. The molecule has 1 saturated heterocycles. The van der Waals surface area contributed by atoms with Crippen molar-refractivity contribution in [3.8, 4) is 5.75 Å². The number of carbonyl (C=O) groups excluding carboxylic acids is 1. The smallest absolute Gasteiger partial charge is 0.226 e. The Labute approximate surface area is 173 Å². The average Bonchev–Trinajstić information content (AvgIpc) is 3.22. The Hall–Kier alpha value is -2.63. The number of benzene rings is 1. The molecule has 1 aliphatic heterocycles. The topological polar surface area (TPSA) is 58.6 Å². The lowest BCUT2D eigenvalue weighted by atomic mass is 9.95. The molecule has 2 heterocycles. The number of anilines is 2. The van der Waals surface area contributed by atoms with Crippen LogP contribution in [0.15, 0.2) is 36.5 Å². The summed E-state index contributed by atoms with van der Waals surface area (Å²) >= 11 is 0. The highest BCUT2D eigenvalue weighted by Crippen LogP contribution is 2.26. The summed E-state index contributed by atoms with van der Waals surface area (Å²) in [7, 11) is 2.00. The first-order chi connectivity index (χ1) is 14.0. The van der Waals surface area contributed by atoms with Crippen LogP contribution in [0.1, 0.15) is 51.5 Å². The maximum Gasteiger partial charge on any atom is 0.226 e. The van der Waals surface area contributed by atoms with Crippen molar-refractivity contribution >= 4 is 17.5 Å². The third-order valence-corrected chi connectivity index (χ3v) is 5.59. The SMILES string of the molecule is CCC(=O)C[C@@H](C)c1ccc(OC2CCN(c3ccnc(N(C)CC)n3)C2)cc1. The molecule has 2 atom stereocenters. The first kappa shape index (κ1) is 21.1. The van der Waals surface area contributed by atoms with Crippen molar-refractivity contribution in [2.45, 2.75) is 52.1 Å². The summed E-state index contributed by atoms with van der Waals surface area (Å²) in [6, 6.07) is 10.1. The average molecular weight is 397 g/mol. The van der Waals surface area contributed by atoms with Gasteiger partial charge in [-0.2, -0.15) is 4.98 Å². The van der Waals surface area contributed by atoms with Crippen molar-refractivity contribution in [1.29, 1.82) is 0 Å². The molecule has 1 unspecified atom stereocenters. The maximum atomic E-state index is 11.7. The summed E-state index contributed by atoms with van der Waals surface area (Å²) in [5.74, 6) is 3.13. The van der Waals surface area contributed by atoms with Gasteiger partial charge in [-0.15, -0.1) is 0 Å². The van der Waals surface area contributed by atoms with Crippen LogP contribution >= 0.6 is 0 Å². The number of hydrogen-bond acceptors (Lipinski definition) is 6. The molecule has 29 heavy (non-hydrogen) atoms. The van der Waals surface area contributed by atoms with Crippen molar-refractivity contribution in [1.82, 2.24) is 9.97 Å². The van der Waals surface area contributed by atoms with Gasteiger partial charge in [-0.05, 0) is 36.6 Å².